The van der Waals surface area contributed by atoms with Gasteiger partial charge in [0, 0.05) is 18.3 Å². The fraction of sp³-hybridized carbons (Fsp3) is 0.769. The lowest BCUT2D eigenvalue weighted by Crippen LogP contribution is -2.14. The number of hydrogen-bond donors (Lipinski definition) is 1. The summed E-state index contributed by atoms with van der Waals surface area (Å²) >= 11 is 1.85. The van der Waals surface area contributed by atoms with E-state index in [1.54, 1.807) is 0 Å². The second-order valence-corrected chi connectivity index (χ2v) is 6.00. The van der Waals surface area contributed by atoms with Crippen LogP contribution in [0.25, 0.3) is 0 Å². The first-order valence-corrected chi connectivity index (χ1v) is 7.42. The van der Waals surface area contributed by atoms with Crippen molar-refractivity contribution in [3.05, 3.63) is 16.1 Å². The van der Waals surface area contributed by atoms with Crippen molar-refractivity contribution in [1.82, 2.24) is 15.2 Å². The van der Waals surface area contributed by atoms with E-state index in [0.717, 1.165) is 18.9 Å². The van der Waals surface area contributed by atoms with E-state index < -0.39 is 0 Å². The van der Waals surface area contributed by atoms with Crippen LogP contribution in [0.4, 0.5) is 0 Å². The molecule has 2 heterocycles. The van der Waals surface area contributed by atoms with E-state index in [4.69, 9.17) is 4.98 Å². The van der Waals surface area contributed by atoms with E-state index in [9.17, 15) is 0 Å². The van der Waals surface area contributed by atoms with Crippen LogP contribution in [0.3, 0.4) is 0 Å². The third kappa shape index (κ3) is 4.05. The molecule has 2 rings (SSSR count). The van der Waals surface area contributed by atoms with E-state index in [-0.39, 0.29) is 0 Å². The lowest BCUT2D eigenvalue weighted by Gasteiger charge is -2.07. The zero-order valence-electron chi connectivity index (χ0n) is 10.9. The first-order chi connectivity index (χ1) is 8.28. The summed E-state index contributed by atoms with van der Waals surface area (Å²) in [6, 6.07) is 0. The van der Waals surface area contributed by atoms with Crippen LogP contribution in [-0.2, 0) is 12.8 Å². The van der Waals surface area contributed by atoms with Gasteiger partial charge in [0.05, 0.1) is 10.7 Å². The first kappa shape index (κ1) is 13.0. The zero-order chi connectivity index (χ0) is 12.1. The summed E-state index contributed by atoms with van der Waals surface area (Å²) < 4.78 is 0. The third-order valence-corrected chi connectivity index (χ3v) is 4.33. The molecule has 1 aromatic heterocycles. The highest BCUT2D eigenvalue weighted by Crippen LogP contribution is 2.22. The number of nitrogens with one attached hydrogen (secondary N) is 1. The van der Waals surface area contributed by atoms with Crippen LogP contribution in [0.1, 0.15) is 23.5 Å². The fourth-order valence-electron chi connectivity index (χ4n) is 2.44. The number of nitrogens with zero attached hydrogens (tertiary/aromatic N) is 2. The molecule has 1 aromatic rings. The maximum Gasteiger partial charge on any atom is 0.0931 e. The molecule has 0 bridgehead atoms. The Morgan fingerprint density at radius 1 is 1.59 bits per heavy atom. The zero-order valence-corrected chi connectivity index (χ0v) is 11.7. The van der Waals surface area contributed by atoms with Gasteiger partial charge in [0.1, 0.15) is 0 Å². The molecule has 96 valence electrons. The van der Waals surface area contributed by atoms with E-state index >= 15 is 0 Å². The van der Waals surface area contributed by atoms with Gasteiger partial charge in [0.15, 0.2) is 0 Å². The van der Waals surface area contributed by atoms with Crippen LogP contribution in [0, 0.1) is 5.92 Å². The quantitative estimate of drug-likeness (QED) is 0.784. The maximum atomic E-state index is 4.74. The number of likely N-dealkylation sites (tertiary alicyclic amines) is 1. The van der Waals surface area contributed by atoms with Crippen LogP contribution < -0.4 is 5.32 Å². The van der Waals surface area contributed by atoms with Gasteiger partial charge in [-0.1, -0.05) is 0 Å². The molecule has 0 spiro atoms. The Balaban J connectivity index is 1.77. The molecule has 1 atom stereocenters. The maximum absolute atomic E-state index is 4.74. The molecule has 1 saturated heterocycles. The summed E-state index contributed by atoms with van der Waals surface area (Å²) in [6.07, 6.45) is 4.82. The summed E-state index contributed by atoms with van der Waals surface area (Å²) in [5.41, 5.74) is 1.28. The average molecular weight is 253 g/mol. The molecule has 4 heteroatoms. The lowest BCUT2D eigenvalue weighted by atomic mass is 10.1. The third-order valence-electron chi connectivity index (χ3n) is 3.41. The van der Waals surface area contributed by atoms with Crippen molar-refractivity contribution in [3.63, 3.8) is 0 Å². The summed E-state index contributed by atoms with van der Waals surface area (Å²) in [5, 5.41) is 6.76. The van der Waals surface area contributed by atoms with Crippen molar-refractivity contribution >= 4 is 11.3 Å². The number of rotatable bonds is 6. The molecular weight excluding hydrogens is 230 g/mol. The van der Waals surface area contributed by atoms with Gasteiger partial charge in [0.2, 0.25) is 0 Å². The highest BCUT2D eigenvalue weighted by Gasteiger charge is 2.20. The molecule has 1 aliphatic rings. The molecule has 3 nitrogen and oxygen atoms in total. The van der Waals surface area contributed by atoms with Crippen molar-refractivity contribution in [2.24, 2.45) is 5.92 Å². The molecular formula is C13H23N3S. The second kappa shape index (κ2) is 6.47. The number of thiazole rings is 1. The molecule has 1 fully saturated rings. The standard InChI is InChI=1S/C13H23N3S/c1-14-6-3-4-12-10-17-13(15-12)8-11-5-7-16(2)9-11/h10-11,14H,3-9H2,1-2H3. The number of hydrogen-bond acceptors (Lipinski definition) is 4. The molecule has 1 unspecified atom stereocenters. The minimum atomic E-state index is 0.830. The van der Waals surface area contributed by atoms with Gasteiger partial charge in [-0.2, -0.15) is 0 Å². The fourth-order valence-corrected chi connectivity index (χ4v) is 3.39. The van der Waals surface area contributed by atoms with Gasteiger partial charge in [0.25, 0.3) is 0 Å². The van der Waals surface area contributed by atoms with Crippen molar-refractivity contribution in [2.45, 2.75) is 25.7 Å². The van der Waals surface area contributed by atoms with Crippen LogP contribution in [0.15, 0.2) is 5.38 Å². The van der Waals surface area contributed by atoms with Gasteiger partial charge in [-0.3, -0.25) is 0 Å². The molecule has 1 N–H and O–H groups in total. The van der Waals surface area contributed by atoms with Gasteiger partial charge in [-0.25, -0.2) is 4.98 Å². The predicted octanol–water partition coefficient (Wildman–Crippen LogP) is 1.79. The van der Waals surface area contributed by atoms with Gasteiger partial charge in [-0.15, -0.1) is 11.3 Å². The van der Waals surface area contributed by atoms with Crippen molar-refractivity contribution in [3.8, 4) is 0 Å². The van der Waals surface area contributed by atoms with E-state index in [0.29, 0.717) is 0 Å². The van der Waals surface area contributed by atoms with Crippen LogP contribution in [0.2, 0.25) is 0 Å². The molecule has 1 aliphatic heterocycles. The van der Waals surface area contributed by atoms with Crippen molar-refractivity contribution < 1.29 is 0 Å². The molecule has 0 radical (unpaired) electrons. The Bertz CT molecular complexity index is 337. The lowest BCUT2D eigenvalue weighted by molar-refractivity contribution is 0.394. The van der Waals surface area contributed by atoms with Gasteiger partial charge in [-0.05, 0) is 52.4 Å². The molecule has 0 saturated carbocycles. The van der Waals surface area contributed by atoms with E-state index in [1.807, 2.05) is 18.4 Å². The Hall–Kier alpha value is -0.450. The van der Waals surface area contributed by atoms with Gasteiger partial charge < -0.3 is 10.2 Å². The molecule has 0 aliphatic carbocycles. The average Bonchev–Trinajstić information content (AvgIpc) is 2.90. The Morgan fingerprint density at radius 2 is 2.47 bits per heavy atom. The first-order valence-electron chi connectivity index (χ1n) is 6.54. The second-order valence-electron chi connectivity index (χ2n) is 5.06. The largest absolute Gasteiger partial charge is 0.320 e. The van der Waals surface area contributed by atoms with Crippen LogP contribution in [-0.4, -0.2) is 43.6 Å². The molecule has 17 heavy (non-hydrogen) atoms. The van der Waals surface area contributed by atoms with Crippen LogP contribution >= 0.6 is 11.3 Å². The number of aryl methyl sites for hydroxylation is 1. The Morgan fingerprint density at radius 3 is 3.18 bits per heavy atom. The minimum Gasteiger partial charge on any atom is -0.320 e. The highest BCUT2D eigenvalue weighted by atomic mass is 32.1. The van der Waals surface area contributed by atoms with Crippen molar-refractivity contribution in [2.75, 3.05) is 33.7 Å². The summed E-state index contributed by atoms with van der Waals surface area (Å²) in [4.78, 5) is 7.17. The van der Waals surface area contributed by atoms with Gasteiger partial charge >= 0.3 is 0 Å². The van der Waals surface area contributed by atoms with E-state index in [2.05, 4.69) is 22.6 Å². The minimum absolute atomic E-state index is 0.830. The highest BCUT2D eigenvalue weighted by molar-refractivity contribution is 7.09. The van der Waals surface area contributed by atoms with Crippen LogP contribution in [0.5, 0.6) is 0 Å². The monoisotopic (exact) mass is 253 g/mol. The summed E-state index contributed by atoms with van der Waals surface area (Å²) in [5.74, 6) is 0.830. The smallest absolute Gasteiger partial charge is 0.0931 e. The normalized spacial score (nSPS) is 21.2. The Labute approximate surface area is 108 Å². The SMILES string of the molecule is CNCCCc1csc(CC2CCN(C)C2)n1. The Kier molecular flexibility index (Phi) is 4.95. The van der Waals surface area contributed by atoms with Crippen molar-refractivity contribution in [1.29, 1.82) is 0 Å². The molecule has 0 aromatic carbocycles. The molecule has 0 amide bonds. The summed E-state index contributed by atoms with van der Waals surface area (Å²) in [6.45, 7) is 3.58. The number of aromatic nitrogens is 1. The predicted molar refractivity (Wildman–Crippen MR) is 73.7 cm³/mol. The topological polar surface area (TPSA) is 28.2 Å². The van der Waals surface area contributed by atoms with E-state index in [1.165, 1.54) is 43.1 Å². The summed E-state index contributed by atoms with van der Waals surface area (Å²) in [7, 11) is 4.22.